The molecule has 0 N–H and O–H groups in total. The number of furan rings is 1. The van der Waals surface area contributed by atoms with Gasteiger partial charge >= 0.3 is 0 Å². The Bertz CT molecular complexity index is 866. The first-order valence-electron chi connectivity index (χ1n) is 8.75. The standard InChI is InChI=1S/C20H18BrNO2S2/c21-14-8-6-13(7-9-14)17-11-10-16(24-17)12-18-19(23)22(20(25)26-18)15-4-2-1-3-5-15/h6-12,15H,1-5H2. The van der Waals surface area contributed by atoms with Crippen LogP contribution >= 0.6 is 39.9 Å². The molecule has 1 amide bonds. The highest BCUT2D eigenvalue weighted by Gasteiger charge is 2.37. The van der Waals surface area contributed by atoms with Crippen LogP contribution in [0.2, 0.25) is 0 Å². The number of rotatable bonds is 3. The van der Waals surface area contributed by atoms with Crippen LogP contribution in [0.25, 0.3) is 17.4 Å². The average Bonchev–Trinajstić information content (AvgIpc) is 3.21. The lowest BCUT2D eigenvalue weighted by molar-refractivity contribution is -0.124. The molecule has 2 aliphatic rings. The lowest BCUT2D eigenvalue weighted by Crippen LogP contribution is -2.39. The first-order chi connectivity index (χ1) is 12.6. The van der Waals surface area contributed by atoms with Crippen molar-refractivity contribution < 1.29 is 9.21 Å². The van der Waals surface area contributed by atoms with E-state index in [1.54, 1.807) is 0 Å². The molecule has 6 heteroatoms. The van der Waals surface area contributed by atoms with Crippen molar-refractivity contribution in [1.82, 2.24) is 4.90 Å². The van der Waals surface area contributed by atoms with Crippen LogP contribution in [-0.2, 0) is 4.79 Å². The second-order valence-electron chi connectivity index (χ2n) is 6.55. The molecule has 0 spiro atoms. The van der Waals surface area contributed by atoms with Crippen molar-refractivity contribution >= 4 is 56.2 Å². The molecule has 1 aromatic heterocycles. The molecule has 2 heterocycles. The molecule has 2 fully saturated rings. The second-order valence-corrected chi connectivity index (χ2v) is 9.14. The smallest absolute Gasteiger partial charge is 0.266 e. The third-order valence-electron chi connectivity index (χ3n) is 4.79. The molecule has 1 aromatic carbocycles. The average molecular weight is 448 g/mol. The molecule has 1 saturated heterocycles. The predicted octanol–water partition coefficient (Wildman–Crippen LogP) is 6.24. The van der Waals surface area contributed by atoms with Gasteiger partial charge in [-0.1, -0.05) is 71.3 Å². The zero-order valence-corrected chi connectivity index (χ0v) is 17.3. The van der Waals surface area contributed by atoms with Crippen molar-refractivity contribution in [2.45, 2.75) is 38.1 Å². The number of benzene rings is 1. The number of hydrogen-bond acceptors (Lipinski definition) is 4. The zero-order valence-electron chi connectivity index (χ0n) is 14.1. The molecule has 4 rings (SSSR count). The molecule has 0 bridgehead atoms. The van der Waals surface area contributed by atoms with Crippen molar-refractivity contribution in [2.24, 2.45) is 0 Å². The summed E-state index contributed by atoms with van der Waals surface area (Å²) in [7, 11) is 0. The Hall–Kier alpha value is -1.37. The van der Waals surface area contributed by atoms with Gasteiger partial charge < -0.3 is 4.42 Å². The van der Waals surface area contributed by atoms with E-state index in [1.807, 2.05) is 47.4 Å². The van der Waals surface area contributed by atoms with Gasteiger partial charge in [-0.05, 0) is 37.1 Å². The van der Waals surface area contributed by atoms with Crippen molar-refractivity contribution in [3.05, 3.63) is 51.5 Å². The third-order valence-corrected chi connectivity index (χ3v) is 6.65. The molecule has 0 radical (unpaired) electrons. The second kappa shape index (κ2) is 7.71. The molecule has 134 valence electrons. The largest absolute Gasteiger partial charge is 0.457 e. The van der Waals surface area contributed by atoms with Crippen molar-refractivity contribution in [1.29, 1.82) is 0 Å². The number of amides is 1. The van der Waals surface area contributed by atoms with Crippen LogP contribution in [0, 0.1) is 0 Å². The van der Waals surface area contributed by atoms with Crippen LogP contribution in [-0.4, -0.2) is 21.2 Å². The zero-order chi connectivity index (χ0) is 18.1. The van der Waals surface area contributed by atoms with E-state index in [2.05, 4.69) is 15.9 Å². The maximum absolute atomic E-state index is 12.8. The Labute approximate surface area is 171 Å². The van der Waals surface area contributed by atoms with Gasteiger partial charge in [0.15, 0.2) is 0 Å². The lowest BCUT2D eigenvalue weighted by Gasteiger charge is -2.29. The summed E-state index contributed by atoms with van der Waals surface area (Å²) >= 11 is 10.3. The Morgan fingerprint density at radius 2 is 1.85 bits per heavy atom. The summed E-state index contributed by atoms with van der Waals surface area (Å²) in [6, 6.07) is 12.0. The molecule has 3 nitrogen and oxygen atoms in total. The lowest BCUT2D eigenvalue weighted by atomic mass is 9.94. The van der Waals surface area contributed by atoms with Gasteiger partial charge in [-0.2, -0.15) is 0 Å². The summed E-state index contributed by atoms with van der Waals surface area (Å²) in [5.41, 5.74) is 1.00. The summed E-state index contributed by atoms with van der Waals surface area (Å²) in [6.07, 6.45) is 7.52. The fourth-order valence-electron chi connectivity index (χ4n) is 3.46. The van der Waals surface area contributed by atoms with Crippen molar-refractivity contribution in [3.63, 3.8) is 0 Å². The van der Waals surface area contributed by atoms with E-state index in [4.69, 9.17) is 16.6 Å². The van der Waals surface area contributed by atoms with Crippen LogP contribution in [0.5, 0.6) is 0 Å². The Balaban J connectivity index is 1.54. The monoisotopic (exact) mass is 447 g/mol. The third kappa shape index (κ3) is 3.68. The topological polar surface area (TPSA) is 33.5 Å². The van der Waals surface area contributed by atoms with E-state index in [1.165, 1.54) is 31.0 Å². The summed E-state index contributed by atoms with van der Waals surface area (Å²) in [5, 5.41) is 0. The minimum Gasteiger partial charge on any atom is -0.457 e. The summed E-state index contributed by atoms with van der Waals surface area (Å²) in [6.45, 7) is 0. The van der Waals surface area contributed by atoms with Crippen molar-refractivity contribution in [2.75, 3.05) is 0 Å². The quantitative estimate of drug-likeness (QED) is 0.411. The van der Waals surface area contributed by atoms with Crippen molar-refractivity contribution in [3.8, 4) is 11.3 Å². The van der Waals surface area contributed by atoms with Gasteiger partial charge in [0.2, 0.25) is 0 Å². The van der Waals surface area contributed by atoms with Gasteiger partial charge in [-0.25, -0.2) is 0 Å². The van der Waals surface area contributed by atoms with Gasteiger partial charge in [0, 0.05) is 22.2 Å². The van der Waals surface area contributed by atoms with Crippen LogP contribution in [0.4, 0.5) is 0 Å². The van der Waals surface area contributed by atoms with Crippen LogP contribution in [0.3, 0.4) is 0 Å². The molecule has 2 aromatic rings. The SMILES string of the molecule is O=C1C(=Cc2ccc(-c3ccc(Br)cc3)o2)SC(=S)N1C1CCCCC1. The number of halogens is 1. The fraction of sp³-hybridized carbons (Fsp3) is 0.300. The highest BCUT2D eigenvalue weighted by molar-refractivity contribution is 9.10. The molecular formula is C20H18BrNO2S2. The minimum absolute atomic E-state index is 0.0218. The summed E-state index contributed by atoms with van der Waals surface area (Å²) in [4.78, 5) is 15.3. The van der Waals surface area contributed by atoms with E-state index in [-0.39, 0.29) is 11.9 Å². The Morgan fingerprint density at radius 1 is 1.12 bits per heavy atom. The Kier molecular flexibility index (Phi) is 5.34. The number of nitrogens with zero attached hydrogens (tertiary/aromatic N) is 1. The molecule has 0 unspecified atom stereocenters. The Morgan fingerprint density at radius 3 is 2.58 bits per heavy atom. The van der Waals surface area contributed by atoms with Gasteiger partial charge in [-0.15, -0.1) is 0 Å². The van der Waals surface area contributed by atoms with Gasteiger partial charge in [-0.3, -0.25) is 9.69 Å². The number of carbonyl (C=O) groups is 1. The van der Waals surface area contributed by atoms with E-state index in [0.717, 1.165) is 28.6 Å². The minimum atomic E-state index is 0.0218. The van der Waals surface area contributed by atoms with Crippen LogP contribution < -0.4 is 0 Å². The summed E-state index contributed by atoms with van der Waals surface area (Å²) < 4.78 is 7.62. The first kappa shape index (κ1) is 18.0. The molecular weight excluding hydrogens is 430 g/mol. The van der Waals surface area contributed by atoms with Crippen LogP contribution in [0.15, 0.2) is 50.2 Å². The molecule has 1 aliphatic carbocycles. The maximum atomic E-state index is 12.8. The molecule has 1 aliphatic heterocycles. The fourth-order valence-corrected chi connectivity index (χ4v) is 5.11. The van der Waals surface area contributed by atoms with Gasteiger partial charge in [0.25, 0.3) is 5.91 Å². The molecule has 0 atom stereocenters. The number of carbonyl (C=O) groups excluding carboxylic acids is 1. The number of hydrogen-bond donors (Lipinski definition) is 0. The highest BCUT2D eigenvalue weighted by atomic mass is 79.9. The van der Waals surface area contributed by atoms with E-state index in [0.29, 0.717) is 15.0 Å². The number of thioether (sulfide) groups is 1. The molecule has 1 saturated carbocycles. The van der Waals surface area contributed by atoms with Crippen LogP contribution in [0.1, 0.15) is 37.9 Å². The van der Waals surface area contributed by atoms with Gasteiger partial charge in [0.1, 0.15) is 15.8 Å². The normalized spacial score (nSPS) is 20.3. The summed E-state index contributed by atoms with van der Waals surface area (Å²) in [5.74, 6) is 1.48. The highest BCUT2D eigenvalue weighted by Crippen LogP contribution is 2.37. The van der Waals surface area contributed by atoms with E-state index < -0.39 is 0 Å². The predicted molar refractivity (Wildman–Crippen MR) is 114 cm³/mol. The van der Waals surface area contributed by atoms with E-state index >= 15 is 0 Å². The van der Waals surface area contributed by atoms with E-state index in [9.17, 15) is 4.79 Å². The first-order valence-corrected chi connectivity index (χ1v) is 10.8. The molecule has 26 heavy (non-hydrogen) atoms. The van der Waals surface area contributed by atoms with Gasteiger partial charge in [0.05, 0.1) is 4.91 Å². The number of thiocarbonyl (C=S) groups is 1. The maximum Gasteiger partial charge on any atom is 0.266 e.